The molecule has 0 aliphatic heterocycles. The van der Waals surface area contributed by atoms with Gasteiger partial charge in [-0.25, -0.2) is 9.97 Å². The molecule has 2 aromatic carbocycles. The standard InChI is InChI=1S/C26H22N6O2S/c1-14-6-7-17-18(8-9-29-20(17)11-15-4-3-5-16(10-15)25(33)28-2)21(14)32-26(34)19-12-35-23-22(19)30-13-31-24(23)27/h3-10,12-13H,11H2,1-2H3,(H,28,33)(H,32,34)(H2,27,30,31). The summed E-state index contributed by atoms with van der Waals surface area (Å²) in [6.07, 6.45) is 3.65. The number of hydrogen-bond acceptors (Lipinski definition) is 7. The Kier molecular flexibility index (Phi) is 5.84. The number of anilines is 2. The van der Waals surface area contributed by atoms with E-state index in [9.17, 15) is 9.59 Å². The number of nitrogens with two attached hydrogens (primary N) is 1. The van der Waals surface area contributed by atoms with Gasteiger partial charge in [-0.3, -0.25) is 14.6 Å². The highest BCUT2D eigenvalue weighted by atomic mass is 32.1. The van der Waals surface area contributed by atoms with Gasteiger partial charge in [-0.2, -0.15) is 0 Å². The molecule has 3 aromatic heterocycles. The molecular weight excluding hydrogens is 460 g/mol. The van der Waals surface area contributed by atoms with Gasteiger partial charge in [0.15, 0.2) is 0 Å². The second-order valence-electron chi connectivity index (χ2n) is 8.11. The Bertz CT molecular complexity index is 1610. The summed E-state index contributed by atoms with van der Waals surface area (Å²) >= 11 is 1.35. The second kappa shape index (κ2) is 9.11. The zero-order valence-corrected chi connectivity index (χ0v) is 19.9. The van der Waals surface area contributed by atoms with E-state index in [1.807, 2.05) is 43.3 Å². The van der Waals surface area contributed by atoms with Gasteiger partial charge < -0.3 is 16.4 Å². The van der Waals surface area contributed by atoms with Crippen LogP contribution in [0.25, 0.3) is 21.0 Å². The maximum atomic E-state index is 13.2. The molecule has 174 valence electrons. The van der Waals surface area contributed by atoms with Crippen molar-refractivity contribution in [1.82, 2.24) is 20.3 Å². The number of fused-ring (bicyclic) bond motifs is 2. The zero-order valence-electron chi connectivity index (χ0n) is 19.1. The number of amides is 2. The summed E-state index contributed by atoms with van der Waals surface area (Å²) < 4.78 is 0.692. The van der Waals surface area contributed by atoms with E-state index < -0.39 is 0 Å². The predicted octanol–water partition coefficient (Wildman–Crippen LogP) is 4.33. The van der Waals surface area contributed by atoms with Crippen molar-refractivity contribution < 1.29 is 9.59 Å². The first-order valence-corrected chi connectivity index (χ1v) is 11.8. The predicted molar refractivity (Wildman–Crippen MR) is 139 cm³/mol. The zero-order chi connectivity index (χ0) is 24.5. The number of benzene rings is 2. The summed E-state index contributed by atoms with van der Waals surface area (Å²) in [6.45, 7) is 1.95. The van der Waals surface area contributed by atoms with E-state index in [1.165, 1.54) is 17.7 Å². The van der Waals surface area contributed by atoms with Crippen LogP contribution in [0.3, 0.4) is 0 Å². The molecule has 0 atom stereocenters. The number of carbonyl (C=O) groups excluding carboxylic acids is 2. The minimum atomic E-state index is -0.262. The lowest BCUT2D eigenvalue weighted by atomic mass is 9.99. The SMILES string of the molecule is CNC(=O)c1cccc(Cc2nccc3c(NC(=O)c4csc5c(N)ncnc45)c(C)ccc23)c1. The van der Waals surface area contributed by atoms with Crippen LogP contribution < -0.4 is 16.4 Å². The molecule has 0 saturated carbocycles. The molecule has 0 unspecified atom stereocenters. The highest BCUT2D eigenvalue weighted by molar-refractivity contribution is 7.18. The average Bonchev–Trinajstić information content (AvgIpc) is 3.31. The summed E-state index contributed by atoms with van der Waals surface area (Å²) in [6, 6.07) is 13.4. The first-order chi connectivity index (χ1) is 17.0. The van der Waals surface area contributed by atoms with Gasteiger partial charge in [0.1, 0.15) is 12.1 Å². The number of nitrogens with one attached hydrogen (secondary N) is 2. The van der Waals surface area contributed by atoms with Crippen LogP contribution in [0.2, 0.25) is 0 Å². The lowest BCUT2D eigenvalue weighted by Crippen LogP contribution is -2.17. The molecule has 0 spiro atoms. The Labute approximate surface area is 205 Å². The van der Waals surface area contributed by atoms with Gasteiger partial charge in [0, 0.05) is 41.4 Å². The van der Waals surface area contributed by atoms with Gasteiger partial charge in [-0.15, -0.1) is 11.3 Å². The molecule has 8 nitrogen and oxygen atoms in total. The molecule has 0 radical (unpaired) electrons. The third kappa shape index (κ3) is 4.17. The molecule has 5 aromatic rings. The lowest BCUT2D eigenvalue weighted by molar-refractivity contribution is 0.0962. The normalized spacial score (nSPS) is 11.0. The number of thiophene rings is 1. The van der Waals surface area contributed by atoms with Gasteiger partial charge in [-0.1, -0.05) is 24.3 Å². The number of pyridine rings is 1. The van der Waals surface area contributed by atoms with E-state index in [0.29, 0.717) is 33.6 Å². The van der Waals surface area contributed by atoms with Crippen LogP contribution in [0.4, 0.5) is 11.5 Å². The van der Waals surface area contributed by atoms with Crippen molar-refractivity contribution in [2.45, 2.75) is 13.3 Å². The van der Waals surface area contributed by atoms with Crippen LogP contribution >= 0.6 is 11.3 Å². The second-order valence-corrected chi connectivity index (χ2v) is 8.99. The van der Waals surface area contributed by atoms with Gasteiger partial charge >= 0.3 is 0 Å². The molecule has 0 fully saturated rings. The summed E-state index contributed by atoms with van der Waals surface area (Å²) in [5, 5.41) is 9.29. The van der Waals surface area contributed by atoms with E-state index in [2.05, 4.69) is 25.6 Å². The molecule has 4 N–H and O–H groups in total. The van der Waals surface area contributed by atoms with E-state index in [-0.39, 0.29) is 11.8 Å². The van der Waals surface area contributed by atoms with E-state index >= 15 is 0 Å². The van der Waals surface area contributed by atoms with Crippen molar-refractivity contribution in [3.05, 3.63) is 88.3 Å². The quantitative estimate of drug-likeness (QED) is 0.343. The number of nitrogens with zero attached hydrogens (tertiary/aromatic N) is 3. The minimum Gasteiger partial charge on any atom is -0.382 e. The average molecular weight is 483 g/mol. The topological polar surface area (TPSA) is 123 Å². The number of aromatic nitrogens is 3. The van der Waals surface area contributed by atoms with Crippen LogP contribution in [0, 0.1) is 6.92 Å². The fourth-order valence-corrected chi connectivity index (χ4v) is 5.00. The van der Waals surface area contributed by atoms with Crippen LogP contribution in [0.15, 0.2) is 60.4 Å². The largest absolute Gasteiger partial charge is 0.382 e. The number of aryl methyl sites for hydroxylation is 1. The van der Waals surface area contributed by atoms with Crippen LogP contribution in [0.1, 0.15) is 37.5 Å². The van der Waals surface area contributed by atoms with Crippen molar-refractivity contribution in [1.29, 1.82) is 0 Å². The molecule has 0 aliphatic rings. The highest BCUT2D eigenvalue weighted by Gasteiger charge is 2.18. The summed E-state index contributed by atoms with van der Waals surface area (Å²) in [5.41, 5.74) is 11.0. The number of nitrogen functional groups attached to an aromatic ring is 1. The summed E-state index contributed by atoms with van der Waals surface area (Å²) in [7, 11) is 1.61. The Morgan fingerprint density at radius 3 is 2.71 bits per heavy atom. The molecule has 9 heteroatoms. The van der Waals surface area contributed by atoms with Crippen molar-refractivity contribution in [2.24, 2.45) is 0 Å². The third-order valence-electron chi connectivity index (χ3n) is 5.89. The van der Waals surface area contributed by atoms with Crippen LogP contribution in [-0.4, -0.2) is 33.8 Å². The summed E-state index contributed by atoms with van der Waals surface area (Å²) in [4.78, 5) is 38.1. The van der Waals surface area contributed by atoms with Crippen LogP contribution in [-0.2, 0) is 6.42 Å². The van der Waals surface area contributed by atoms with Gasteiger partial charge in [0.05, 0.1) is 27.2 Å². The summed E-state index contributed by atoms with van der Waals surface area (Å²) in [5.74, 6) is -0.0375. The van der Waals surface area contributed by atoms with Crippen molar-refractivity contribution in [2.75, 3.05) is 18.1 Å². The Hall–Kier alpha value is -4.37. The van der Waals surface area contributed by atoms with Crippen molar-refractivity contribution in [3.8, 4) is 0 Å². The maximum Gasteiger partial charge on any atom is 0.258 e. The fraction of sp³-hybridized carbons (Fsp3) is 0.115. The first-order valence-electron chi connectivity index (χ1n) is 10.9. The smallest absolute Gasteiger partial charge is 0.258 e. The molecule has 0 aliphatic carbocycles. The highest BCUT2D eigenvalue weighted by Crippen LogP contribution is 2.32. The van der Waals surface area contributed by atoms with E-state index in [0.717, 1.165) is 33.3 Å². The molecule has 0 saturated heterocycles. The molecule has 5 rings (SSSR count). The van der Waals surface area contributed by atoms with Crippen LogP contribution in [0.5, 0.6) is 0 Å². The van der Waals surface area contributed by atoms with Crippen molar-refractivity contribution in [3.63, 3.8) is 0 Å². The maximum absolute atomic E-state index is 13.2. The molecule has 35 heavy (non-hydrogen) atoms. The Morgan fingerprint density at radius 1 is 1.03 bits per heavy atom. The van der Waals surface area contributed by atoms with E-state index in [4.69, 9.17) is 5.73 Å². The molecular formula is C26H22N6O2S. The fourth-order valence-electron chi connectivity index (χ4n) is 4.10. The number of hydrogen-bond donors (Lipinski definition) is 3. The molecule has 2 amide bonds. The van der Waals surface area contributed by atoms with Crippen molar-refractivity contribution >= 4 is 55.6 Å². The van der Waals surface area contributed by atoms with Gasteiger partial charge in [0.25, 0.3) is 11.8 Å². The third-order valence-corrected chi connectivity index (χ3v) is 6.88. The number of carbonyl (C=O) groups is 2. The molecule has 0 bridgehead atoms. The van der Waals surface area contributed by atoms with Gasteiger partial charge in [0.2, 0.25) is 0 Å². The Balaban J connectivity index is 1.51. The minimum absolute atomic E-state index is 0.133. The molecule has 3 heterocycles. The van der Waals surface area contributed by atoms with Gasteiger partial charge in [-0.05, 0) is 36.2 Å². The number of rotatable bonds is 5. The Morgan fingerprint density at radius 2 is 1.89 bits per heavy atom. The monoisotopic (exact) mass is 482 g/mol. The first kappa shape index (κ1) is 22.4. The van der Waals surface area contributed by atoms with E-state index in [1.54, 1.807) is 24.7 Å². The lowest BCUT2D eigenvalue weighted by Gasteiger charge is -2.14.